The van der Waals surface area contributed by atoms with Crippen molar-refractivity contribution in [3.8, 4) is 0 Å². The van der Waals surface area contributed by atoms with Crippen LogP contribution in [-0.2, 0) is 14.3 Å². The summed E-state index contributed by atoms with van der Waals surface area (Å²) in [6.45, 7) is 4.02. The molecule has 0 heterocycles. The number of ether oxygens (including phenoxy) is 2. The predicted molar refractivity (Wildman–Crippen MR) is 72.7 cm³/mol. The number of allylic oxidation sites excluding steroid dienone is 1. The quantitative estimate of drug-likeness (QED) is 0.336. The molecule has 0 saturated heterocycles. The van der Waals surface area contributed by atoms with E-state index in [0.717, 1.165) is 18.3 Å². The van der Waals surface area contributed by atoms with E-state index in [1.54, 1.807) is 0 Å². The maximum atomic E-state index is 11.2. The minimum absolute atomic E-state index is 0.00666. The summed E-state index contributed by atoms with van der Waals surface area (Å²) in [4.78, 5) is 11.2. The van der Waals surface area contributed by atoms with Crippen molar-refractivity contribution < 1.29 is 14.3 Å². The van der Waals surface area contributed by atoms with Gasteiger partial charge in [-0.15, -0.1) is 0 Å². The van der Waals surface area contributed by atoms with Crippen LogP contribution in [0.5, 0.6) is 0 Å². The van der Waals surface area contributed by atoms with Gasteiger partial charge in [0.15, 0.2) is 0 Å². The van der Waals surface area contributed by atoms with Gasteiger partial charge in [0.2, 0.25) is 0 Å². The molecule has 3 aliphatic rings. The first-order valence-corrected chi connectivity index (χ1v) is 7.32. The summed E-state index contributed by atoms with van der Waals surface area (Å²) in [6, 6.07) is 0. The van der Waals surface area contributed by atoms with Crippen molar-refractivity contribution in [2.45, 2.75) is 31.3 Å². The van der Waals surface area contributed by atoms with Gasteiger partial charge in [-0.05, 0) is 37.5 Å². The predicted octanol–water partition coefficient (Wildman–Crippen LogP) is 3.04. The van der Waals surface area contributed by atoms with Gasteiger partial charge in [-0.25, -0.2) is 4.79 Å². The molecule has 0 spiro atoms. The van der Waals surface area contributed by atoms with E-state index in [4.69, 9.17) is 21.1 Å². The molecule has 0 aromatic rings. The van der Waals surface area contributed by atoms with Gasteiger partial charge in [0, 0.05) is 5.92 Å². The third kappa shape index (κ3) is 2.23. The van der Waals surface area contributed by atoms with E-state index < -0.39 is 5.97 Å². The fourth-order valence-electron chi connectivity index (χ4n) is 4.15. The molecule has 4 unspecified atom stereocenters. The molecule has 0 radical (unpaired) electrons. The molecule has 3 nitrogen and oxygen atoms in total. The summed E-state index contributed by atoms with van der Waals surface area (Å²) in [5, 5.41) is -0.0845. The number of carbonyl (C=O) groups is 1. The summed E-state index contributed by atoms with van der Waals surface area (Å²) in [6.07, 6.45) is 9.42. The van der Waals surface area contributed by atoms with E-state index in [1.807, 2.05) is 0 Å². The van der Waals surface area contributed by atoms with E-state index >= 15 is 0 Å². The number of hydrogen-bond donors (Lipinski definition) is 0. The molecule has 2 bridgehead atoms. The summed E-state index contributed by atoms with van der Waals surface area (Å²) < 4.78 is 11.1. The largest absolute Gasteiger partial charge is 0.459 e. The lowest BCUT2D eigenvalue weighted by Crippen LogP contribution is -2.38. The molecular formula is C15H19ClO3. The average molecular weight is 283 g/mol. The Morgan fingerprint density at radius 1 is 1.47 bits per heavy atom. The van der Waals surface area contributed by atoms with Crippen LogP contribution in [0.3, 0.4) is 0 Å². The van der Waals surface area contributed by atoms with Crippen LogP contribution in [0.1, 0.15) is 25.7 Å². The van der Waals surface area contributed by atoms with Gasteiger partial charge in [0.25, 0.3) is 0 Å². The van der Waals surface area contributed by atoms with Gasteiger partial charge in [-0.2, -0.15) is 0 Å². The molecule has 0 amide bonds. The van der Waals surface area contributed by atoms with Gasteiger partial charge >= 0.3 is 5.97 Å². The third-order valence-corrected chi connectivity index (χ3v) is 5.05. The van der Waals surface area contributed by atoms with Crippen molar-refractivity contribution in [1.82, 2.24) is 0 Å². The topological polar surface area (TPSA) is 35.5 Å². The van der Waals surface area contributed by atoms with E-state index in [0.29, 0.717) is 12.5 Å². The second-order valence-electron chi connectivity index (χ2n) is 5.81. The van der Waals surface area contributed by atoms with Crippen LogP contribution in [-0.4, -0.2) is 24.8 Å². The normalized spacial score (nSPS) is 38.5. The van der Waals surface area contributed by atoms with Crippen LogP contribution in [0.15, 0.2) is 23.8 Å². The standard InChI is InChI=1S/C15H19ClO3/c1-10(16)14(17)18-7-8-19-15-6-5-11(9-15)12-3-2-4-13(12)15/h2,4,11-13H,1,3,5-9H2. The number of rotatable bonds is 5. The lowest BCUT2D eigenvalue weighted by atomic mass is 9.79. The number of carbonyl (C=O) groups excluding carboxylic acids is 1. The Kier molecular flexibility index (Phi) is 3.44. The number of hydrogen-bond acceptors (Lipinski definition) is 3. The Hall–Kier alpha value is -0.800. The Balaban J connectivity index is 1.51. The van der Waals surface area contributed by atoms with Gasteiger partial charge in [-0.3, -0.25) is 0 Å². The van der Waals surface area contributed by atoms with Crippen LogP contribution < -0.4 is 0 Å². The molecule has 0 N–H and O–H groups in total. The minimum atomic E-state index is -0.558. The summed E-state index contributed by atoms with van der Waals surface area (Å²) in [5.74, 6) is 1.63. The molecule has 0 aromatic carbocycles. The fourth-order valence-corrected chi connectivity index (χ4v) is 4.21. The average Bonchev–Trinajstić information content (AvgIpc) is 3.05. The maximum Gasteiger partial charge on any atom is 0.349 e. The zero-order valence-corrected chi connectivity index (χ0v) is 11.7. The first kappa shape index (κ1) is 13.2. The Bertz CT molecular complexity index is 431. The van der Waals surface area contributed by atoms with Crippen molar-refractivity contribution in [3.63, 3.8) is 0 Å². The highest BCUT2D eigenvalue weighted by atomic mass is 35.5. The van der Waals surface area contributed by atoms with Gasteiger partial charge < -0.3 is 9.47 Å². The Labute approximate surface area is 118 Å². The number of fused-ring (bicyclic) bond motifs is 5. The zero-order chi connectivity index (χ0) is 13.5. The number of halogens is 1. The molecule has 2 saturated carbocycles. The molecular weight excluding hydrogens is 264 g/mol. The van der Waals surface area contributed by atoms with Gasteiger partial charge in [-0.1, -0.05) is 30.3 Å². The molecule has 4 atom stereocenters. The maximum absolute atomic E-state index is 11.2. The SMILES string of the molecule is C=C(Cl)C(=O)OCCOC12CCC(C1)C1CC=CC12. The molecule has 104 valence electrons. The highest BCUT2D eigenvalue weighted by molar-refractivity contribution is 6.40. The zero-order valence-electron chi connectivity index (χ0n) is 10.9. The van der Waals surface area contributed by atoms with Crippen LogP contribution in [0.4, 0.5) is 0 Å². The highest BCUT2D eigenvalue weighted by Crippen LogP contribution is 2.60. The van der Waals surface area contributed by atoms with Crippen molar-refractivity contribution in [1.29, 1.82) is 0 Å². The Morgan fingerprint density at radius 3 is 3.11 bits per heavy atom. The molecule has 2 fully saturated rings. The first-order valence-electron chi connectivity index (χ1n) is 6.94. The molecule has 0 aliphatic heterocycles. The lowest BCUT2D eigenvalue weighted by molar-refractivity contribution is -0.143. The van der Waals surface area contributed by atoms with Crippen LogP contribution >= 0.6 is 11.6 Å². The van der Waals surface area contributed by atoms with Crippen molar-refractivity contribution in [2.75, 3.05) is 13.2 Å². The van der Waals surface area contributed by atoms with E-state index in [-0.39, 0.29) is 17.2 Å². The third-order valence-electron chi connectivity index (χ3n) is 4.90. The molecule has 3 aliphatic carbocycles. The van der Waals surface area contributed by atoms with Crippen LogP contribution in [0.2, 0.25) is 0 Å². The fraction of sp³-hybridized carbons (Fsp3) is 0.667. The van der Waals surface area contributed by atoms with E-state index in [1.165, 1.54) is 19.3 Å². The van der Waals surface area contributed by atoms with Gasteiger partial charge in [0.05, 0.1) is 12.2 Å². The van der Waals surface area contributed by atoms with Crippen molar-refractivity contribution >= 4 is 17.6 Å². The molecule has 0 aromatic heterocycles. The number of esters is 1. The second kappa shape index (κ2) is 4.95. The van der Waals surface area contributed by atoms with Crippen molar-refractivity contribution in [2.24, 2.45) is 17.8 Å². The smallest absolute Gasteiger partial charge is 0.349 e. The highest BCUT2D eigenvalue weighted by Gasteiger charge is 2.58. The van der Waals surface area contributed by atoms with Gasteiger partial charge in [0.1, 0.15) is 11.6 Å². The second-order valence-corrected chi connectivity index (χ2v) is 6.27. The van der Waals surface area contributed by atoms with E-state index in [9.17, 15) is 4.79 Å². The summed E-state index contributed by atoms with van der Waals surface area (Å²) >= 11 is 5.45. The first-order chi connectivity index (χ1) is 9.12. The summed E-state index contributed by atoms with van der Waals surface area (Å²) in [7, 11) is 0. The van der Waals surface area contributed by atoms with Crippen molar-refractivity contribution in [3.05, 3.63) is 23.8 Å². The van der Waals surface area contributed by atoms with E-state index in [2.05, 4.69) is 18.7 Å². The van der Waals surface area contributed by atoms with Crippen LogP contribution in [0.25, 0.3) is 0 Å². The molecule has 4 heteroatoms. The van der Waals surface area contributed by atoms with Crippen LogP contribution in [0, 0.1) is 17.8 Å². The Morgan fingerprint density at radius 2 is 2.32 bits per heavy atom. The monoisotopic (exact) mass is 282 g/mol. The lowest BCUT2D eigenvalue weighted by Gasteiger charge is -2.35. The minimum Gasteiger partial charge on any atom is -0.459 e. The molecule has 3 rings (SSSR count). The summed E-state index contributed by atoms with van der Waals surface area (Å²) in [5.41, 5.74) is 0.00666. The molecule has 19 heavy (non-hydrogen) atoms.